The number of rotatable bonds is 0. The van der Waals surface area contributed by atoms with Crippen LogP contribution >= 0.6 is 0 Å². The molecule has 0 nitrogen and oxygen atoms in total. The summed E-state index contributed by atoms with van der Waals surface area (Å²) in [5, 5.41) is 0. The summed E-state index contributed by atoms with van der Waals surface area (Å²) in [6, 6.07) is 0. The Bertz CT molecular complexity index is 158. The van der Waals surface area contributed by atoms with E-state index >= 15 is 0 Å². The Hall–Kier alpha value is -0.520. The molecule has 0 unspecified atom stereocenters. The minimum atomic E-state index is 1.32. The second-order valence-electron chi connectivity index (χ2n) is 4.57. The monoisotopic (exact) mass is 206 g/mol. The molecule has 0 radical (unpaired) electrons. The van der Waals surface area contributed by atoms with Crippen molar-refractivity contribution in [1.29, 1.82) is 0 Å². The van der Waals surface area contributed by atoms with Crippen molar-refractivity contribution in [3.63, 3.8) is 0 Å². The summed E-state index contributed by atoms with van der Waals surface area (Å²) in [6.07, 6.45) is 24.5. The third kappa shape index (κ3) is 8.47. The maximum absolute atomic E-state index is 2.32. The summed E-state index contributed by atoms with van der Waals surface area (Å²) in [5.41, 5.74) is 0. The van der Waals surface area contributed by atoms with Gasteiger partial charge in [0.05, 0.1) is 0 Å². The van der Waals surface area contributed by atoms with Crippen LogP contribution in [0.2, 0.25) is 0 Å². The average Bonchev–Trinajstić information content (AvgIpc) is 2.48. The number of hydrogen-bond donors (Lipinski definition) is 0. The van der Waals surface area contributed by atoms with Crippen molar-refractivity contribution in [2.75, 3.05) is 0 Å². The zero-order chi connectivity index (χ0) is 10.6. The van der Waals surface area contributed by atoms with Gasteiger partial charge in [-0.15, -0.1) is 0 Å². The summed E-state index contributed by atoms with van der Waals surface area (Å²) in [5.74, 6) is 0. The van der Waals surface area contributed by atoms with E-state index in [9.17, 15) is 0 Å². The molecular formula is C15H26. The fraction of sp³-hybridized carbons (Fsp3) is 0.733. The van der Waals surface area contributed by atoms with E-state index in [0.717, 1.165) is 0 Å². The highest BCUT2D eigenvalue weighted by Gasteiger charge is 1.90. The normalized spacial score (nSPS) is 24.0. The first kappa shape index (κ1) is 12.5. The van der Waals surface area contributed by atoms with Gasteiger partial charge >= 0.3 is 0 Å². The second-order valence-corrected chi connectivity index (χ2v) is 4.57. The Balaban J connectivity index is 0.000000151. The zero-order valence-corrected chi connectivity index (χ0v) is 10.1. The molecule has 0 aliphatic heterocycles. The summed E-state index contributed by atoms with van der Waals surface area (Å²) in [4.78, 5) is 0. The van der Waals surface area contributed by atoms with E-state index in [1.165, 1.54) is 70.6 Å². The van der Waals surface area contributed by atoms with Crippen LogP contribution in [0.15, 0.2) is 24.3 Å². The summed E-state index contributed by atoms with van der Waals surface area (Å²) >= 11 is 0. The van der Waals surface area contributed by atoms with Gasteiger partial charge in [0, 0.05) is 0 Å². The highest BCUT2D eigenvalue weighted by molar-refractivity contribution is 4.83. The van der Waals surface area contributed by atoms with Gasteiger partial charge in [0.15, 0.2) is 0 Å². The van der Waals surface area contributed by atoms with E-state index < -0.39 is 0 Å². The lowest BCUT2D eigenvalue weighted by atomic mass is 10.1. The van der Waals surface area contributed by atoms with E-state index in [2.05, 4.69) is 24.3 Å². The van der Waals surface area contributed by atoms with Gasteiger partial charge in [0.2, 0.25) is 0 Å². The molecule has 0 saturated heterocycles. The molecule has 2 aliphatic rings. The van der Waals surface area contributed by atoms with Crippen molar-refractivity contribution >= 4 is 0 Å². The zero-order valence-electron chi connectivity index (χ0n) is 10.1. The van der Waals surface area contributed by atoms with Crippen molar-refractivity contribution in [3.05, 3.63) is 24.3 Å². The van der Waals surface area contributed by atoms with Crippen LogP contribution in [0.5, 0.6) is 0 Å². The minimum Gasteiger partial charge on any atom is -0.0885 e. The van der Waals surface area contributed by atoms with Crippen LogP contribution in [-0.4, -0.2) is 0 Å². The lowest BCUT2D eigenvalue weighted by molar-refractivity contribution is 0.638. The van der Waals surface area contributed by atoms with Gasteiger partial charge in [-0.05, 0) is 51.4 Å². The van der Waals surface area contributed by atoms with Crippen LogP contribution in [0.3, 0.4) is 0 Å². The van der Waals surface area contributed by atoms with Crippen molar-refractivity contribution in [3.8, 4) is 0 Å². The first-order valence-corrected chi connectivity index (χ1v) is 6.80. The Morgan fingerprint density at radius 2 is 0.600 bits per heavy atom. The molecule has 0 saturated carbocycles. The minimum absolute atomic E-state index is 1.32. The maximum atomic E-state index is 2.32. The lowest BCUT2D eigenvalue weighted by Gasteiger charge is -2.00. The SMILES string of the molecule is C1=CCCCCC1.C1=C\CCCCCC/1. The molecule has 0 atom stereocenters. The predicted octanol–water partition coefficient (Wildman–Crippen LogP) is 5.40. The largest absolute Gasteiger partial charge is 0.0885 e. The van der Waals surface area contributed by atoms with Crippen LogP contribution in [0.4, 0.5) is 0 Å². The van der Waals surface area contributed by atoms with E-state index in [1.54, 1.807) is 0 Å². The lowest BCUT2D eigenvalue weighted by Crippen LogP contribution is -1.80. The molecule has 0 fully saturated rings. The van der Waals surface area contributed by atoms with Crippen LogP contribution < -0.4 is 0 Å². The van der Waals surface area contributed by atoms with Gasteiger partial charge in [0.1, 0.15) is 0 Å². The Morgan fingerprint density at radius 3 is 0.933 bits per heavy atom. The smallest absolute Gasteiger partial charge is 0.0351 e. The fourth-order valence-corrected chi connectivity index (χ4v) is 2.05. The van der Waals surface area contributed by atoms with Crippen LogP contribution in [-0.2, 0) is 0 Å². The van der Waals surface area contributed by atoms with Gasteiger partial charge in [-0.3, -0.25) is 0 Å². The maximum Gasteiger partial charge on any atom is -0.0351 e. The molecule has 0 heteroatoms. The molecule has 86 valence electrons. The topological polar surface area (TPSA) is 0 Å². The Kier molecular flexibility index (Phi) is 8.38. The number of hydrogen-bond acceptors (Lipinski definition) is 0. The second kappa shape index (κ2) is 10.0. The molecule has 2 aliphatic carbocycles. The van der Waals surface area contributed by atoms with Crippen LogP contribution in [0.25, 0.3) is 0 Å². The third-order valence-corrected chi connectivity index (χ3v) is 3.07. The van der Waals surface area contributed by atoms with Crippen molar-refractivity contribution in [1.82, 2.24) is 0 Å². The van der Waals surface area contributed by atoms with E-state index in [-0.39, 0.29) is 0 Å². The highest BCUT2D eigenvalue weighted by atomic mass is 14.0. The van der Waals surface area contributed by atoms with E-state index in [4.69, 9.17) is 0 Å². The highest BCUT2D eigenvalue weighted by Crippen LogP contribution is 2.10. The molecule has 0 heterocycles. The van der Waals surface area contributed by atoms with Crippen LogP contribution in [0.1, 0.15) is 70.6 Å². The summed E-state index contributed by atoms with van der Waals surface area (Å²) in [7, 11) is 0. The standard InChI is InChI=1S/C8H14.C7H12/c1-2-4-6-8-7-5-3-1;1-2-4-6-7-5-3-1/h1-2H,3-8H2;1-2H,3-7H2/b2-1-;. The molecule has 0 spiro atoms. The predicted molar refractivity (Wildman–Crippen MR) is 69.1 cm³/mol. The van der Waals surface area contributed by atoms with Crippen molar-refractivity contribution in [2.24, 2.45) is 0 Å². The molecule has 0 N–H and O–H groups in total. The number of allylic oxidation sites excluding steroid dienone is 4. The molecule has 0 aromatic heterocycles. The van der Waals surface area contributed by atoms with Gasteiger partial charge in [-0.1, -0.05) is 43.6 Å². The van der Waals surface area contributed by atoms with Gasteiger partial charge in [-0.2, -0.15) is 0 Å². The molecular weight excluding hydrogens is 180 g/mol. The van der Waals surface area contributed by atoms with Crippen molar-refractivity contribution < 1.29 is 0 Å². The van der Waals surface area contributed by atoms with E-state index in [1.807, 2.05) is 0 Å². The van der Waals surface area contributed by atoms with Gasteiger partial charge < -0.3 is 0 Å². The fourth-order valence-electron chi connectivity index (χ4n) is 2.05. The average molecular weight is 206 g/mol. The van der Waals surface area contributed by atoms with E-state index in [0.29, 0.717) is 0 Å². The molecule has 2 rings (SSSR count). The Labute approximate surface area is 95.5 Å². The molecule has 0 aromatic rings. The Morgan fingerprint density at radius 1 is 0.333 bits per heavy atom. The molecule has 0 aromatic carbocycles. The third-order valence-electron chi connectivity index (χ3n) is 3.07. The van der Waals surface area contributed by atoms with Gasteiger partial charge in [-0.25, -0.2) is 0 Å². The first-order valence-electron chi connectivity index (χ1n) is 6.80. The first-order chi connectivity index (χ1) is 7.50. The molecule has 15 heavy (non-hydrogen) atoms. The molecule has 0 bridgehead atoms. The van der Waals surface area contributed by atoms with Crippen molar-refractivity contribution in [2.45, 2.75) is 70.6 Å². The summed E-state index contributed by atoms with van der Waals surface area (Å²) < 4.78 is 0. The van der Waals surface area contributed by atoms with Gasteiger partial charge in [0.25, 0.3) is 0 Å². The van der Waals surface area contributed by atoms with Crippen LogP contribution in [0, 0.1) is 0 Å². The quantitative estimate of drug-likeness (QED) is 0.465. The molecule has 0 amide bonds. The summed E-state index contributed by atoms with van der Waals surface area (Å²) in [6.45, 7) is 0.